The fourth-order valence-corrected chi connectivity index (χ4v) is 2.85. The maximum absolute atomic E-state index is 12.9. The van der Waals surface area contributed by atoms with Crippen molar-refractivity contribution in [3.05, 3.63) is 51.4 Å². The molecule has 0 radical (unpaired) electrons. The van der Waals surface area contributed by atoms with Crippen molar-refractivity contribution >= 4 is 22.5 Å². The number of carboxylic acid groups (broad SMARTS) is 1. The molecular formula is C16H13F3N2O3. The molecule has 2 heterocycles. The Bertz CT molecular complexity index is 1020. The van der Waals surface area contributed by atoms with Crippen LogP contribution in [0.5, 0.6) is 0 Å². The molecule has 0 unspecified atom stereocenters. The number of carbonyl (C=O) groups is 1. The molecular weight excluding hydrogens is 325 g/mol. The number of rotatable bonds is 3. The molecule has 2 aromatic heterocycles. The normalized spacial score (nSPS) is 12.2. The van der Waals surface area contributed by atoms with Gasteiger partial charge in [-0.15, -0.1) is 0 Å². The van der Waals surface area contributed by atoms with E-state index in [0.29, 0.717) is 16.8 Å². The summed E-state index contributed by atoms with van der Waals surface area (Å²) in [6.45, 7) is 1.74. The van der Waals surface area contributed by atoms with E-state index >= 15 is 0 Å². The van der Waals surface area contributed by atoms with Crippen LogP contribution in [0.2, 0.25) is 0 Å². The van der Waals surface area contributed by atoms with Gasteiger partial charge in [0.15, 0.2) is 0 Å². The second-order valence-electron chi connectivity index (χ2n) is 5.57. The minimum atomic E-state index is -4.52. The molecule has 0 aliphatic rings. The summed E-state index contributed by atoms with van der Waals surface area (Å²) < 4.78 is 40.1. The molecule has 24 heavy (non-hydrogen) atoms. The lowest BCUT2D eigenvalue weighted by Gasteiger charge is -2.11. The molecule has 0 saturated heterocycles. The first kappa shape index (κ1) is 16.1. The van der Waals surface area contributed by atoms with Crippen molar-refractivity contribution in [2.75, 3.05) is 0 Å². The molecule has 3 aromatic rings. The Kier molecular flexibility index (Phi) is 3.62. The molecule has 0 fully saturated rings. The number of alkyl halides is 3. The van der Waals surface area contributed by atoms with E-state index in [1.165, 1.54) is 10.5 Å². The number of aromatic amines is 1. The number of H-pyrrole nitrogens is 1. The highest BCUT2D eigenvalue weighted by molar-refractivity contribution is 5.80. The zero-order valence-electron chi connectivity index (χ0n) is 12.6. The van der Waals surface area contributed by atoms with E-state index in [-0.39, 0.29) is 23.9 Å². The molecule has 0 spiro atoms. The first-order valence-electron chi connectivity index (χ1n) is 7.14. The monoisotopic (exact) mass is 338 g/mol. The summed E-state index contributed by atoms with van der Waals surface area (Å²) in [4.78, 5) is 25.5. The Balaban J connectivity index is 2.32. The maximum atomic E-state index is 12.9. The summed E-state index contributed by atoms with van der Waals surface area (Å²) in [7, 11) is 0. The molecule has 126 valence electrons. The third kappa shape index (κ3) is 2.64. The van der Waals surface area contributed by atoms with Crippen molar-refractivity contribution in [2.24, 2.45) is 0 Å². The Hall–Kier alpha value is -2.77. The zero-order valence-corrected chi connectivity index (χ0v) is 12.6. The molecule has 3 rings (SSSR count). The largest absolute Gasteiger partial charge is 0.481 e. The van der Waals surface area contributed by atoms with Gasteiger partial charge in [-0.1, -0.05) is 0 Å². The van der Waals surface area contributed by atoms with Crippen LogP contribution in [0, 0.1) is 6.92 Å². The van der Waals surface area contributed by atoms with E-state index in [1.54, 1.807) is 13.0 Å². The van der Waals surface area contributed by atoms with Crippen LogP contribution in [-0.4, -0.2) is 20.5 Å². The zero-order chi connectivity index (χ0) is 17.6. The van der Waals surface area contributed by atoms with Crippen LogP contribution in [0.1, 0.15) is 23.2 Å². The van der Waals surface area contributed by atoms with Crippen molar-refractivity contribution in [3.63, 3.8) is 0 Å². The van der Waals surface area contributed by atoms with Gasteiger partial charge in [0.25, 0.3) is 5.56 Å². The van der Waals surface area contributed by atoms with Gasteiger partial charge in [0.05, 0.1) is 23.0 Å². The number of carboxylic acids is 1. The summed E-state index contributed by atoms with van der Waals surface area (Å²) in [6.07, 6.45) is -4.48. The molecule has 0 aliphatic heterocycles. The van der Waals surface area contributed by atoms with Gasteiger partial charge in [0, 0.05) is 5.69 Å². The summed E-state index contributed by atoms with van der Waals surface area (Å²) in [5.41, 5.74) is 0.658. The van der Waals surface area contributed by atoms with Crippen LogP contribution in [0.3, 0.4) is 0 Å². The quantitative estimate of drug-likeness (QED) is 0.770. The van der Waals surface area contributed by atoms with Gasteiger partial charge >= 0.3 is 12.1 Å². The summed E-state index contributed by atoms with van der Waals surface area (Å²) in [5.74, 6) is -0.988. The molecule has 0 saturated carbocycles. The highest BCUT2D eigenvalue weighted by Gasteiger charge is 2.30. The number of benzene rings is 1. The van der Waals surface area contributed by atoms with E-state index in [4.69, 9.17) is 5.11 Å². The smallest absolute Gasteiger partial charge is 0.416 e. The van der Waals surface area contributed by atoms with Crippen molar-refractivity contribution in [2.45, 2.75) is 25.9 Å². The van der Waals surface area contributed by atoms with Gasteiger partial charge < -0.3 is 14.5 Å². The predicted molar refractivity (Wildman–Crippen MR) is 81.2 cm³/mol. The molecule has 0 amide bonds. The van der Waals surface area contributed by atoms with E-state index in [0.717, 1.165) is 12.1 Å². The van der Waals surface area contributed by atoms with Gasteiger partial charge in [-0.05, 0) is 43.2 Å². The number of nitrogens with zero attached hydrogens (tertiary/aromatic N) is 1. The van der Waals surface area contributed by atoms with Gasteiger partial charge in [0.1, 0.15) is 5.52 Å². The SMILES string of the molecule is Cc1cc2c(=O)[nH]c3cc(C(F)(F)F)ccc3n2c1CCC(=O)O. The lowest BCUT2D eigenvalue weighted by atomic mass is 10.1. The minimum absolute atomic E-state index is 0.0505. The lowest BCUT2D eigenvalue weighted by molar-refractivity contribution is -0.138. The van der Waals surface area contributed by atoms with Gasteiger partial charge in [0.2, 0.25) is 0 Å². The molecule has 0 bridgehead atoms. The average molecular weight is 338 g/mol. The van der Waals surface area contributed by atoms with E-state index < -0.39 is 23.3 Å². The van der Waals surface area contributed by atoms with E-state index in [1.807, 2.05) is 0 Å². The second kappa shape index (κ2) is 5.40. The van der Waals surface area contributed by atoms with Crippen LogP contribution in [0.4, 0.5) is 13.2 Å². The van der Waals surface area contributed by atoms with Gasteiger partial charge in [-0.25, -0.2) is 0 Å². The Morgan fingerprint density at radius 2 is 1.96 bits per heavy atom. The van der Waals surface area contributed by atoms with Gasteiger partial charge in [-0.3, -0.25) is 9.59 Å². The second-order valence-corrected chi connectivity index (χ2v) is 5.57. The van der Waals surface area contributed by atoms with Crippen LogP contribution >= 0.6 is 0 Å². The van der Waals surface area contributed by atoms with E-state index in [9.17, 15) is 22.8 Å². The molecule has 8 heteroatoms. The topological polar surface area (TPSA) is 74.6 Å². The number of hydrogen-bond donors (Lipinski definition) is 2. The molecule has 0 atom stereocenters. The standard InChI is InChI=1S/C16H13F3N2O3/c1-8-6-13-15(24)20-10-7-9(16(17,18)19)2-3-12(10)21(13)11(8)4-5-14(22)23/h2-3,6-7H,4-5H2,1H3,(H,20,24)(H,22,23). The molecule has 1 aromatic carbocycles. The highest BCUT2D eigenvalue weighted by Crippen LogP contribution is 2.31. The lowest BCUT2D eigenvalue weighted by Crippen LogP contribution is -2.13. The number of aryl methyl sites for hydroxylation is 2. The van der Waals surface area contributed by atoms with Crippen molar-refractivity contribution in [1.82, 2.24) is 9.38 Å². The molecule has 2 N–H and O–H groups in total. The highest BCUT2D eigenvalue weighted by atomic mass is 19.4. The van der Waals surface area contributed by atoms with Crippen molar-refractivity contribution in [1.29, 1.82) is 0 Å². The minimum Gasteiger partial charge on any atom is -0.481 e. The number of halogens is 3. The number of nitrogens with one attached hydrogen (secondary N) is 1. The van der Waals surface area contributed by atoms with Crippen molar-refractivity contribution < 1.29 is 23.1 Å². The summed E-state index contributed by atoms with van der Waals surface area (Å²) >= 11 is 0. The molecule has 5 nitrogen and oxygen atoms in total. The molecule has 0 aliphatic carbocycles. The predicted octanol–water partition coefficient (Wildman–Crippen LogP) is 3.13. The summed E-state index contributed by atoms with van der Waals surface area (Å²) in [5, 5.41) is 8.87. The van der Waals surface area contributed by atoms with Crippen LogP contribution < -0.4 is 5.56 Å². The fraction of sp³-hybridized carbons (Fsp3) is 0.250. The first-order valence-corrected chi connectivity index (χ1v) is 7.14. The number of aromatic nitrogens is 2. The van der Waals surface area contributed by atoms with E-state index in [2.05, 4.69) is 4.98 Å². The van der Waals surface area contributed by atoms with Crippen LogP contribution in [0.15, 0.2) is 29.1 Å². The Morgan fingerprint density at radius 1 is 1.25 bits per heavy atom. The average Bonchev–Trinajstić information content (AvgIpc) is 2.81. The Morgan fingerprint density at radius 3 is 2.58 bits per heavy atom. The number of aliphatic carboxylic acids is 1. The van der Waals surface area contributed by atoms with Crippen LogP contribution in [-0.2, 0) is 17.4 Å². The number of fused-ring (bicyclic) bond motifs is 3. The third-order valence-corrected chi connectivity index (χ3v) is 3.94. The number of hydrogen-bond acceptors (Lipinski definition) is 2. The Labute approximate surface area is 133 Å². The fourth-order valence-electron chi connectivity index (χ4n) is 2.85. The summed E-state index contributed by atoms with van der Waals surface area (Å²) in [6, 6.07) is 4.71. The third-order valence-electron chi connectivity index (χ3n) is 3.94. The van der Waals surface area contributed by atoms with Gasteiger partial charge in [-0.2, -0.15) is 13.2 Å². The van der Waals surface area contributed by atoms with Crippen LogP contribution in [0.25, 0.3) is 16.6 Å². The van der Waals surface area contributed by atoms with Crippen molar-refractivity contribution in [3.8, 4) is 0 Å². The maximum Gasteiger partial charge on any atom is 0.416 e. The first-order chi connectivity index (χ1) is 11.2.